The highest BCUT2D eigenvalue weighted by molar-refractivity contribution is 6.46. The Kier molecular flexibility index (Phi) is 5.82. The third-order valence-electron chi connectivity index (χ3n) is 5.34. The maximum absolute atomic E-state index is 13.3. The molecule has 4 rings (SSSR count). The minimum Gasteiger partial charge on any atom is -0.507 e. The van der Waals surface area contributed by atoms with Gasteiger partial charge in [-0.05, 0) is 54.8 Å². The zero-order valence-corrected chi connectivity index (χ0v) is 17.3. The molecule has 2 saturated heterocycles. The fourth-order valence-corrected chi connectivity index (χ4v) is 4.17. The van der Waals surface area contributed by atoms with Gasteiger partial charge in [0, 0.05) is 18.7 Å². The number of ether oxygens (including phenoxy) is 1. The summed E-state index contributed by atoms with van der Waals surface area (Å²) < 4.78 is 19.0. The summed E-state index contributed by atoms with van der Waals surface area (Å²) in [5.41, 5.74) is 0.685. The Bertz CT molecular complexity index is 1030. The van der Waals surface area contributed by atoms with Gasteiger partial charge < -0.3 is 14.7 Å². The topological polar surface area (TPSA) is 66.8 Å². The summed E-state index contributed by atoms with van der Waals surface area (Å²) in [5, 5.41) is 11.5. The number of aliphatic hydroxyl groups excluding tert-OH is 1. The summed E-state index contributed by atoms with van der Waals surface area (Å²) >= 11 is 12.2. The van der Waals surface area contributed by atoms with Gasteiger partial charge in [0.1, 0.15) is 11.6 Å². The molecule has 2 fully saturated rings. The third-order valence-corrected chi connectivity index (χ3v) is 6.08. The number of Topliss-reactive ketones (excluding diaryl/α,β-unsaturated/α-hetero) is 1. The number of nitrogens with zero attached hydrogens (tertiary/aromatic N) is 1. The number of rotatable bonds is 4. The Hall–Kier alpha value is -2.41. The first-order valence-corrected chi connectivity index (χ1v) is 10.2. The Labute approximate surface area is 182 Å². The van der Waals surface area contributed by atoms with Crippen molar-refractivity contribution in [2.45, 2.75) is 25.0 Å². The van der Waals surface area contributed by atoms with Gasteiger partial charge in [0.2, 0.25) is 0 Å². The molecule has 30 heavy (non-hydrogen) atoms. The van der Waals surface area contributed by atoms with Crippen LogP contribution in [0.4, 0.5) is 4.39 Å². The zero-order valence-electron chi connectivity index (χ0n) is 15.8. The van der Waals surface area contributed by atoms with Gasteiger partial charge in [0.25, 0.3) is 11.7 Å². The summed E-state index contributed by atoms with van der Waals surface area (Å²) in [4.78, 5) is 27.2. The maximum atomic E-state index is 13.3. The van der Waals surface area contributed by atoms with Gasteiger partial charge in [-0.3, -0.25) is 9.59 Å². The Morgan fingerprint density at radius 2 is 1.87 bits per heavy atom. The van der Waals surface area contributed by atoms with E-state index in [1.807, 2.05) is 0 Å². The molecule has 0 radical (unpaired) electrons. The molecule has 2 aromatic rings. The van der Waals surface area contributed by atoms with E-state index < -0.39 is 23.5 Å². The summed E-state index contributed by atoms with van der Waals surface area (Å²) in [6.07, 6.45) is 1.45. The van der Waals surface area contributed by atoms with Gasteiger partial charge in [-0.2, -0.15) is 0 Å². The lowest BCUT2D eigenvalue weighted by Crippen LogP contribution is -2.36. The molecule has 2 atom stereocenters. The number of aliphatic hydroxyl groups is 1. The van der Waals surface area contributed by atoms with Gasteiger partial charge in [-0.15, -0.1) is 0 Å². The number of halogens is 3. The molecular formula is C22H18Cl2FNO4. The number of carbonyl (C=O) groups is 2. The first-order chi connectivity index (χ1) is 14.4. The Morgan fingerprint density at radius 1 is 1.13 bits per heavy atom. The molecular weight excluding hydrogens is 432 g/mol. The molecule has 2 aromatic carbocycles. The van der Waals surface area contributed by atoms with Crippen molar-refractivity contribution in [3.05, 3.63) is 75.0 Å². The monoisotopic (exact) mass is 449 g/mol. The SMILES string of the molecule is O=C1C(=O)N(CC2CCCO2)C(c2ccc(Cl)c(Cl)c2)/C1=C(\O)c1ccc(F)cc1. The average molecular weight is 450 g/mol. The molecule has 156 valence electrons. The maximum Gasteiger partial charge on any atom is 0.295 e. The summed E-state index contributed by atoms with van der Waals surface area (Å²) in [7, 11) is 0. The lowest BCUT2D eigenvalue weighted by atomic mass is 9.95. The van der Waals surface area contributed by atoms with E-state index in [1.54, 1.807) is 18.2 Å². The number of hydrogen-bond acceptors (Lipinski definition) is 4. The van der Waals surface area contributed by atoms with Gasteiger partial charge in [-0.1, -0.05) is 29.3 Å². The second-order valence-corrected chi connectivity index (χ2v) is 8.08. The predicted octanol–water partition coefficient (Wildman–Crippen LogP) is 4.73. The third kappa shape index (κ3) is 3.83. The zero-order chi connectivity index (χ0) is 21.4. The summed E-state index contributed by atoms with van der Waals surface area (Å²) in [6.45, 7) is 0.803. The van der Waals surface area contributed by atoms with Crippen LogP contribution in [-0.4, -0.2) is 41.0 Å². The minimum absolute atomic E-state index is 0.0806. The van der Waals surface area contributed by atoms with Crippen molar-refractivity contribution in [1.82, 2.24) is 4.90 Å². The number of carbonyl (C=O) groups excluding carboxylic acids is 2. The number of likely N-dealkylation sites (tertiary alicyclic amines) is 1. The van der Waals surface area contributed by atoms with Crippen LogP contribution in [0.2, 0.25) is 10.0 Å². The van der Waals surface area contributed by atoms with Crippen LogP contribution in [-0.2, 0) is 14.3 Å². The highest BCUT2D eigenvalue weighted by Crippen LogP contribution is 2.41. The number of amides is 1. The smallest absolute Gasteiger partial charge is 0.295 e. The van der Waals surface area contributed by atoms with Gasteiger partial charge >= 0.3 is 0 Å². The van der Waals surface area contributed by atoms with Gasteiger partial charge in [0.15, 0.2) is 0 Å². The summed E-state index contributed by atoms with van der Waals surface area (Å²) in [6, 6.07) is 8.98. The summed E-state index contributed by atoms with van der Waals surface area (Å²) in [5.74, 6) is -2.40. The lowest BCUT2D eigenvalue weighted by molar-refractivity contribution is -0.140. The Balaban J connectivity index is 1.84. The van der Waals surface area contributed by atoms with Gasteiger partial charge in [0.05, 0.1) is 27.8 Å². The van der Waals surface area contributed by atoms with Crippen molar-refractivity contribution in [3.8, 4) is 0 Å². The highest BCUT2D eigenvalue weighted by Gasteiger charge is 2.47. The molecule has 2 aliphatic heterocycles. The molecule has 1 N–H and O–H groups in total. The highest BCUT2D eigenvalue weighted by atomic mass is 35.5. The van der Waals surface area contributed by atoms with E-state index in [0.717, 1.165) is 12.8 Å². The van der Waals surface area contributed by atoms with E-state index >= 15 is 0 Å². The van der Waals surface area contributed by atoms with Crippen LogP contribution in [0.15, 0.2) is 48.0 Å². The van der Waals surface area contributed by atoms with Crippen LogP contribution >= 0.6 is 23.2 Å². The van der Waals surface area contributed by atoms with E-state index in [0.29, 0.717) is 17.2 Å². The quantitative estimate of drug-likeness (QED) is 0.416. The number of benzene rings is 2. The van der Waals surface area contributed by atoms with Crippen LogP contribution in [0.1, 0.15) is 30.0 Å². The number of hydrogen-bond donors (Lipinski definition) is 1. The standard InChI is InChI=1S/C22H18Cl2FNO4/c23-16-8-5-13(10-17(16)24)19-18(20(27)12-3-6-14(25)7-4-12)21(28)22(29)26(19)11-15-2-1-9-30-15/h3-8,10,15,19,27H,1-2,9,11H2/b20-18+. The van der Waals surface area contributed by atoms with E-state index in [4.69, 9.17) is 27.9 Å². The van der Waals surface area contributed by atoms with Crippen molar-refractivity contribution >= 4 is 40.7 Å². The van der Waals surface area contributed by atoms with E-state index in [9.17, 15) is 19.1 Å². The lowest BCUT2D eigenvalue weighted by Gasteiger charge is -2.27. The Morgan fingerprint density at radius 3 is 2.50 bits per heavy atom. The molecule has 0 spiro atoms. The van der Waals surface area contributed by atoms with Crippen molar-refractivity contribution in [3.63, 3.8) is 0 Å². The second-order valence-electron chi connectivity index (χ2n) is 7.27. The first kappa shape index (κ1) is 20.8. The van der Waals surface area contributed by atoms with E-state index in [-0.39, 0.29) is 34.6 Å². The van der Waals surface area contributed by atoms with Crippen LogP contribution in [0.25, 0.3) is 5.76 Å². The molecule has 0 bridgehead atoms. The molecule has 0 saturated carbocycles. The first-order valence-electron chi connectivity index (χ1n) is 9.47. The fourth-order valence-electron chi connectivity index (χ4n) is 3.87. The molecule has 0 aromatic heterocycles. The minimum atomic E-state index is -0.867. The molecule has 1 amide bonds. The molecule has 0 aliphatic carbocycles. The molecule has 2 aliphatic rings. The predicted molar refractivity (Wildman–Crippen MR) is 111 cm³/mol. The van der Waals surface area contributed by atoms with Crippen LogP contribution < -0.4 is 0 Å². The molecule has 5 nitrogen and oxygen atoms in total. The van der Waals surface area contributed by atoms with Crippen LogP contribution in [0.3, 0.4) is 0 Å². The second kappa shape index (κ2) is 8.38. The van der Waals surface area contributed by atoms with Crippen molar-refractivity contribution in [2.24, 2.45) is 0 Å². The average Bonchev–Trinajstić information content (AvgIpc) is 3.33. The molecule has 8 heteroatoms. The van der Waals surface area contributed by atoms with Crippen molar-refractivity contribution in [1.29, 1.82) is 0 Å². The molecule has 2 unspecified atom stereocenters. The normalized spacial score (nSPS) is 23.4. The van der Waals surface area contributed by atoms with E-state index in [1.165, 1.54) is 29.2 Å². The molecule has 2 heterocycles. The van der Waals surface area contributed by atoms with E-state index in [2.05, 4.69) is 0 Å². The van der Waals surface area contributed by atoms with Crippen molar-refractivity contribution < 1.29 is 23.8 Å². The fraction of sp³-hybridized carbons (Fsp3) is 0.273. The largest absolute Gasteiger partial charge is 0.507 e. The number of ketones is 1. The van der Waals surface area contributed by atoms with Crippen LogP contribution in [0.5, 0.6) is 0 Å². The van der Waals surface area contributed by atoms with Gasteiger partial charge in [-0.25, -0.2) is 4.39 Å². The van der Waals surface area contributed by atoms with Crippen molar-refractivity contribution in [2.75, 3.05) is 13.2 Å². The van der Waals surface area contributed by atoms with Crippen LogP contribution in [0, 0.1) is 5.82 Å².